The fourth-order valence-corrected chi connectivity index (χ4v) is 1.76. The molecule has 0 amide bonds. The Kier molecular flexibility index (Phi) is 4.06. The van der Waals surface area contributed by atoms with E-state index in [0.717, 1.165) is 25.7 Å². The molecule has 0 radical (unpaired) electrons. The fourth-order valence-electron chi connectivity index (χ4n) is 1.76. The average Bonchev–Trinajstić information content (AvgIpc) is 2.15. The smallest absolute Gasteiger partial charge is 0.0656 e. The second-order valence-corrected chi connectivity index (χ2v) is 3.37. The highest BCUT2D eigenvalue weighted by atomic mass is 16.3. The van der Waals surface area contributed by atoms with Gasteiger partial charge in [0.2, 0.25) is 0 Å². The van der Waals surface area contributed by atoms with E-state index in [0.29, 0.717) is 12.6 Å². The van der Waals surface area contributed by atoms with E-state index in [1.54, 1.807) is 0 Å². The Morgan fingerprint density at radius 3 is 3.00 bits per heavy atom. The molecule has 0 aliphatic heterocycles. The molecule has 1 saturated carbocycles. The third-order valence-corrected chi connectivity index (χ3v) is 2.40. The van der Waals surface area contributed by atoms with Gasteiger partial charge in [0.05, 0.1) is 12.7 Å². The molecular weight excluding hydrogens is 152 g/mol. The van der Waals surface area contributed by atoms with Gasteiger partial charge in [-0.2, -0.15) is 5.26 Å². The van der Waals surface area contributed by atoms with Gasteiger partial charge in [-0.25, -0.2) is 0 Å². The maximum Gasteiger partial charge on any atom is 0.0656 e. The molecule has 68 valence electrons. The SMILES string of the molecule is N#CC1CCCC(NCCO)C1. The Labute approximate surface area is 73.4 Å². The number of hydrogen-bond donors (Lipinski definition) is 2. The average molecular weight is 168 g/mol. The van der Waals surface area contributed by atoms with Crippen LogP contribution < -0.4 is 5.32 Å². The predicted molar refractivity (Wildman–Crippen MR) is 46.4 cm³/mol. The van der Waals surface area contributed by atoms with Crippen LogP contribution in [0.2, 0.25) is 0 Å². The van der Waals surface area contributed by atoms with E-state index >= 15 is 0 Å². The summed E-state index contributed by atoms with van der Waals surface area (Å²) in [5.74, 6) is 0.231. The van der Waals surface area contributed by atoms with Crippen LogP contribution in [0.5, 0.6) is 0 Å². The monoisotopic (exact) mass is 168 g/mol. The van der Waals surface area contributed by atoms with E-state index in [1.807, 2.05) is 0 Å². The molecule has 0 aromatic carbocycles. The van der Waals surface area contributed by atoms with Crippen molar-refractivity contribution in [1.29, 1.82) is 5.26 Å². The van der Waals surface area contributed by atoms with Gasteiger partial charge in [0, 0.05) is 18.5 Å². The van der Waals surface area contributed by atoms with Gasteiger partial charge in [-0.3, -0.25) is 0 Å². The van der Waals surface area contributed by atoms with Crippen LogP contribution in [0.25, 0.3) is 0 Å². The zero-order valence-electron chi connectivity index (χ0n) is 7.29. The van der Waals surface area contributed by atoms with E-state index < -0.39 is 0 Å². The van der Waals surface area contributed by atoms with Crippen LogP contribution in [-0.2, 0) is 0 Å². The lowest BCUT2D eigenvalue weighted by atomic mass is 9.87. The lowest BCUT2D eigenvalue weighted by molar-refractivity contribution is 0.262. The second kappa shape index (κ2) is 5.13. The van der Waals surface area contributed by atoms with E-state index in [9.17, 15) is 0 Å². The van der Waals surface area contributed by atoms with Gasteiger partial charge in [-0.1, -0.05) is 6.42 Å². The summed E-state index contributed by atoms with van der Waals surface area (Å²) in [6, 6.07) is 2.76. The molecule has 2 N–H and O–H groups in total. The number of nitriles is 1. The minimum absolute atomic E-state index is 0.188. The molecule has 3 heteroatoms. The molecule has 0 heterocycles. The first-order valence-corrected chi connectivity index (χ1v) is 4.60. The van der Waals surface area contributed by atoms with Crippen LogP contribution in [-0.4, -0.2) is 24.3 Å². The standard InChI is InChI=1S/C9H16N2O/c10-7-8-2-1-3-9(6-8)11-4-5-12/h8-9,11-12H,1-6H2. The zero-order chi connectivity index (χ0) is 8.81. The molecular formula is C9H16N2O. The minimum Gasteiger partial charge on any atom is -0.395 e. The molecule has 12 heavy (non-hydrogen) atoms. The van der Waals surface area contributed by atoms with Gasteiger partial charge in [0.15, 0.2) is 0 Å². The van der Waals surface area contributed by atoms with E-state index in [2.05, 4.69) is 11.4 Å². The number of hydrogen-bond acceptors (Lipinski definition) is 3. The maximum atomic E-state index is 8.71. The van der Waals surface area contributed by atoms with Crippen molar-refractivity contribution in [2.45, 2.75) is 31.7 Å². The molecule has 0 spiro atoms. The van der Waals surface area contributed by atoms with Crippen molar-refractivity contribution < 1.29 is 5.11 Å². The van der Waals surface area contributed by atoms with Gasteiger partial charge in [0.1, 0.15) is 0 Å². The Morgan fingerprint density at radius 2 is 2.33 bits per heavy atom. The van der Waals surface area contributed by atoms with Gasteiger partial charge < -0.3 is 10.4 Å². The lowest BCUT2D eigenvalue weighted by Gasteiger charge is -2.25. The molecule has 3 nitrogen and oxygen atoms in total. The van der Waals surface area contributed by atoms with Gasteiger partial charge in [0.25, 0.3) is 0 Å². The first-order chi connectivity index (χ1) is 5.86. The second-order valence-electron chi connectivity index (χ2n) is 3.37. The molecule has 0 aromatic heterocycles. The van der Waals surface area contributed by atoms with Gasteiger partial charge >= 0.3 is 0 Å². The van der Waals surface area contributed by atoms with Crippen LogP contribution in [0.3, 0.4) is 0 Å². The van der Waals surface area contributed by atoms with Crippen molar-refractivity contribution in [3.05, 3.63) is 0 Å². The summed E-state index contributed by atoms with van der Waals surface area (Å²) in [7, 11) is 0. The molecule has 1 fully saturated rings. The fraction of sp³-hybridized carbons (Fsp3) is 0.889. The zero-order valence-corrected chi connectivity index (χ0v) is 7.29. The number of nitrogens with one attached hydrogen (secondary N) is 1. The molecule has 1 aliphatic rings. The summed E-state index contributed by atoms with van der Waals surface area (Å²) in [6.45, 7) is 0.844. The summed E-state index contributed by atoms with van der Waals surface area (Å²) in [5, 5.41) is 20.5. The lowest BCUT2D eigenvalue weighted by Crippen LogP contribution is -2.35. The molecule has 2 atom stereocenters. The third kappa shape index (κ3) is 2.80. The van der Waals surface area contributed by atoms with E-state index in [1.165, 1.54) is 0 Å². The molecule has 1 rings (SSSR count). The van der Waals surface area contributed by atoms with Crippen molar-refractivity contribution in [2.75, 3.05) is 13.2 Å². The highest BCUT2D eigenvalue weighted by molar-refractivity contribution is 4.89. The van der Waals surface area contributed by atoms with Crippen LogP contribution in [0.1, 0.15) is 25.7 Å². The Bertz CT molecular complexity index is 164. The summed E-state index contributed by atoms with van der Waals surface area (Å²) in [4.78, 5) is 0. The van der Waals surface area contributed by atoms with Crippen molar-refractivity contribution in [2.24, 2.45) is 5.92 Å². The topological polar surface area (TPSA) is 56.0 Å². The number of aliphatic hydroxyl groups is 1. The summed E-state index contributed by atoms with van der Waals surface area (Å²) in [6.07, 6.45) is 4.30. The Hall–Kier alpha value is -0.590. The molecule has 0 aromatic rings. The van der Waals surface area contributed by atoms with Crippen molar-refractivity contribution in [3.63, 3.8) is 0 Å². The van der Waals surface area contributed by atoms with Crippen molar-refractivity contribution in [3.8, 4) is 6.07 Å². The Balaban J connectivity index is 2.22. The normalized spacial score (nSPS) is 29.7. The van der Waals surface area contributed by atoms with Gasteiger partial charge in [-0.05, 0) is 19.3 Å². The number of aliphatic hydroxyl groups excluding tert-OH is 1. The summed E-state index contributed by atoms with van der Waals surface area (Å²) < 4.78 is 0. The largest absolute Gasteiger partial charge is 0.395 e. The first kappa shape index (κ1) is 9.50. The van der Waals surface area contributed by atoms with Crippen molar-refractivity contribution in [1.82, 2.24) is 5.32 Å². The predicted octanol–water partition coefficient (Wildman–Crippen LogP) is 0.651. The Morgan fingerprint density at radius 1 is 1.50 bits per heavy atom. The third-order valence-electron chi connectivity index (χ3n) is 2.40. The highest BCUT2D eigenvalue weighted by Gasteiger charge is 2.20. The summed E-state index contributed by atoms with van der Waals surface area (Å²) in [5.41, 5.74) is 0. The number of nitrogens with zero attached hydrogens (tertiary/aromatic N) is 1. The molecule has 0 saturated heterocycles. The van der Waals surface area contributed by atoms with E-state index in [4.69, 9.17) is 10.4 Å². The highest BCUT2D eigenvalue weighted by Crippen LogP contribution is 2.23. The quantitative estimate of drug-likeness (QED) is 0.650. The van der Waals surface area contributed by atoms with Crippen molar-refractivity contribution >= 4 is 0 Å². The van der Waals surface area contributed by atoms with E-state index in [-0.39, 0.29) is 12.5 Å². The van der Waals surface area contributed by atoms with Crippen LogP contribution in [0.4, 0.5) is 0 Å². The van der Waals surface area contributed by atoms with Crippen LogP contribution >= 0.6 is 0 Å². The number of rotatable bonds is 3. The molecule has 0 bridgehead atoms. The first-order valence-electron chi connectivity index (χ1n) is 4.60. The minimum atomic E-state index is 0.188. The summed E-state index contributed by atoms with van der Waals surface area (Å²) >= 11 is 0. The van der Waals surface area contributed by atoms with Crippen LogP contribution in [0.15, 0.2) is 0 Å². The molecule has 2 unspecified atom stereocenters. The van der Waals surface area contributed by atoms with Crippen LogP contribution in [0, 0.1) is 17.2 Å². The maximum absolute atomic E-state index is 8.71. The molecule has 1 aliphatic carbocycles. The van der Waals surface area contributed by atoms with Gasteiger partial charge in [-0.15, -0.1) is 0 Å².